The number of aromatic nitrogens is 2. The van der Waals surface area contributed by atoms with Crippen LogP contribution in [0.1, 0.15) is 13.8 Å². The van der Waals surface area contributed by atoms with Gasteiger partial charge in [0.1, 0.15) is 0 Å². The van der Waals surface area contributed by atoms with Gasteiger partial charge in [0.25, 0.3) is 0 Å². The van der Waals surface area contributed by atoms with Crippen molar-refractivity contribution >= 4 is 29.1 Å². The number of anilines is 1. The van der Waals surface area contributed by atoms with Crippen molar-refractivity contribution < 1.29 is 4.74 Å². The van der Waals surface area contributed by atoms with Gasteiger partial charge in [-0.2, -0.15) is 8.75 Å². The first kappa shape index (κ1) is 10.7. The average molecular weight is 222 g/mol. The van der Waals surface area contributed by atoms with Gasteiger partial charge in [-0.3, -0.25) is 0 Å². The first-order chi connectivity index (χ1) is 6.05. The van der Waals surface area contributed by atoms with Crippen molar-refractivity contribution in [2.45, 2.75) is 19.4 Å². The van der Waals surface area contributed by atoms with Crippen LogP contribution >= 0.6 is 23.3 Å². The highest BCUT2D eigenvalue weighted by Gasteiger charge is 2.19. The van der Waals surface area contributed by atoms with Gasteiger partial charge in [0.05, 0.1) is 23.9 Å². The number of nitrogens with zero attached hydrogens (tertiary/aromatic N) is 2. The van der Waals surface area contributed by atoms with Crippen LogP contribution < -0.4 is 5.32 Å². The van der Waals surface area contributed by atoms with E-state index in [1.807, 2.05) is 13.8 Å². The van der Waals surface area contributed by atoms with Gasteiger partial charge in [-0.1, -0.05) is 11.6 Å². The molecule has 4 nitrogen and oxygen atoms in total. The maximum absolute atomic E-state index is 5.78. The van der Waals surface area contributed by atoms with E-state index in [-0.39, 0.29) is 5.54 Å². The number of nitrogens with one attached hydrogen (secondary N) is 1. The molecule has 0 aromatic carbocycles. The summed E-state index contributed by atoms with van der Waals surface area (Å²) < 4.78 is 12.9. The molecule has 1 rings (SSSR count). The molecule has 1 aromatic heterocycles. The third-order valence-electron chi connectivity index (χ3n) is 1.41. The molecule has 1 heterocycles. The summed E-state index contributed by atoms with van der Waals surface area (Å²) in [6.45, 7) is 4.60. The zero-order valence-corrected chi connectivity index (χ0v) is 9.37. The molecule has 13 heavy (non-hydrogen) atoms. The summed E-state index contributed by atoms with van der Waals surface area (Å²) >= 11 is 6.87. The smallest absolute Gasteiger partial charge is 0.186 e. The number of methoxy groups -OCH3 is 1. The molecule has 0 saturated heterocycles. The summed E-state index contributed by atoms with van der Waals surface area (Å²) in [4.78, 5) is 0. The highest BCUT2D eigenvalue weighted by atomic mass is 35.5. The molecule has 6 heteroatoms. The summed E-state index contributed by atoms with van der Waals surface area (Å²) in [5.41, 5.74) is -0.186. The molecule has 0 bridgehead atoms. The first-order valence-electron chi connectivity index (χ1n) is 3.80. The van der Waals surface area contributed by atoms with Crippen LogP contribution in [0.15, 0.2) is 0 Å². The predicted octanol–water partition coefficient (Wildman–Crippen LogP) is 2.03. The number of halogens is 1. The minimum Gasteiger partial charge on any atom is -0.382 e. The molecule has 74 valence electrons. The van der Waals surface area contributed by atoms with Gasteiger partial charge < -0.3 is 10.1 Å². The van der Waals surface area contributed by atoms with E-state index >= 15 is 0 Å². The minimum absolute atomic E-state index is 0.186. The fraction of sp³-hybridized carbons (Fsp3) is 0.714. The number of hydrogen-bond acceptors (Lipinski definition) is 5. The van der Waals surface area contributed by atoms with E-state index in [0.717, 1.165) is 11.7 Å². The Bertz CT molecular complexity index is 276. The molecule has 1 aromatic rings. The van der Waals surface area contributed by atoms with Gasteiger partial charge in [0.15, 0.2) is 11.0 Å². The SMILES string of the molecule is COCC(C)(C)Nc1nsnc1Cl. The standard InChI is InChI=1S/C7H12ClN3OS/c1-7(2,4-12-3)9-6-5(8)10-13-11-6/h4H2,1-3H3,(H,9,11). The Balaban J connectivity index is 2.63. The van der Waals surface area contributed by atoms with Gasteiger partial charge in [0, 0.05) is 7.11 Å². The van der Waals surface area contributed by atoms with Gasteiger partial charge in [-0.05, 0) is 13.8 Å². The molecule has 0 fully saturated rings. The molecule has 0 atom stereocenters. The maximum atomic E-state index is 5.78. The van der Waals surface area contributed by atoms with E-state index in [4.69, 9.17) is 16.3 Å². The molecule has 0 amide bonds. The molecule has 0 saturated carbocycles. The number of rotatable bonds is 4. The van der Waals surface area contributed by atoms with Crippen molar-refractivity contribution in [1.82, 2.24) is 8.75 Å². The largest absolute Gasteiger partial charge is 0.382 e. The van der Waals surface area contributed by atoms with E-state index in [2.05, 4.69) is 14.1 Å². The molecule has 0 spiro atoms. The average Bonchev–Trinajstić information content (AvgIpc) is 2.35. The molecular weight excluding hydrogens is 210 g/mol. The van der Waals surface area contributed by atoms with Crippen LogP contribution in [0.3, 0.4) is 0 Å². The summed E-state index contributed by atoms with van der Waals surface area (Å²) in [5, 5.41) is 3.56. The molecule has 0 radical (unpaired) electrons. The lowest BCUT2D eigenvalue weighted by molar-refractivity contribution is 0.158. The Morgan fingerprint density at radius 3 is 2.69 bits per heavy atom. The Morgan fingerprint density at radius 1 is 1.54 bits per heavy atom. The second kappa shape index (κ2) is 4.21. The van der Waals surface area contributed by atoms with Crippen LogP contribution in [-0.2, 0) is 4.74 Å². The lowest BCUT2D eigenvalue weighted by Crippen LogP contribution is -2.36. The van der Waals surface area contributed by atoms with Crippen molar-refractivity contribution in [2.75, 3.05) is 19.0 Å². The van der Waals surface area contributed by atoms with Crippen molar-refractivity contribution in [3.63, 3.8) is 0 Å². The van der Waals surface area contributed by atoms with E-state index in [9.17, 15) is 0 Å². The highest BCUT2D eigenvalue weighted by Crippen LogP contribution is 2.21. The van der Waals surface area contributed by atoms with Crippen LogP contribution in [0, 0.1) is 0 Å². The lowest BCUT2D eigenvalue weighted by atomic mass is 10.1. The second-order valence-electron chi connectivity index (χ2n) is 3.35. The third-order valence-corrected chi connectivity index (χ3v) is 2.30. The Labute approximate surface area is 86.6 Å². The van der Waals surface area contributed by atoms with Gasteiger partial charge >= 0.3 is 0 Å². The monoisotopic (exact) mass is 221 g/mol. The van der Waals surface area contributed by atoms with E-state index in [1.165, 1.54) is 0 Å². The van der Waals surface area contributed by atoms with Crippen molar-refractivity contribution in [3.8, 4) is 0 Å². The quantitative estimate of drug-likeness (QED) is 0.845. The first-order valence-corrected chi connectivity index (χ1v) is 4.91. The van der Waals surface area contributed by atoms with E-state index < -0.39 is 0 Å². The highest BCUT2D eigenvalue weighted by molar-refractivity contribution is 6.99. The van der Waals surface area contributed by atoms with Crippen molar-refractivity contribution in [2.24, 2.45) is 0 Å². The molecule has 0 aliphatic carbocycles. The van der Waals surface area contributed by atoms with Crippen LogP contribution in [-0.4, -0.2) is 28.0 Å². The van der Waals surface area contributed by atoms with Crippen LogP contribution in [0.2, 0.25) is 5.15 Å². The van der Waals surface area contributed by atoms with Gasteiger partial charge in [-0.25, -0.2) is 0 Å². The summed E-state index contributed by atoms with van der Waals surface area (Å²) in [7, 11) is 1.66. The zero-order valence-electron chi connectivity index (χ0n) is 7.80. The second-order valence-corrected chi connectivity index (χ2v) is 4.23. The van der Waals surface area contributed by atoms with Crippen LogP contribution in [0.4, 0.5) is 5.82 Å². The molecular formula is C7H12ClN3OS. The topological polar surface area (TPSA) is 47.0 Å². The summed E-state index contributed by atoms with van der Waals surface area (Å²) in [5.74, 6) is 0.619. The molecule has 0 aliphatic rings. The van der Waals surface area contributed by atoms with E-state index in [1.54, 1.807) is 7.11 Å². The lowest BCUT2D eigenvalue weighted by Gasteiger charge is -2.24. The Morgan fingerprint density at radius 2 is 2.23 bits per heavy atom. The minimum atomic E-state index is -0.186. The van der Waals surface area contributed by atoms with Gasteiger partial charge in [-0.15, -0.1) is 0 Å². The van der Waals surface area contributed by atoms with E-state index in [0.29, 0.717) is 17.6 Å². The van der Waals surface area contributed by atoms with Gasteiger partial charge in [0.2, 0.25) is 0 Å². The fourth-order valence-electron chi connectivity index (χ4n) is 0.970. The Kier molecular flexibility index (Phi) is 3.47. The predicted molar refractivity (Wildman–Crippen MR) is 54.5 cm³/mol. The third kappa shape index (κ3) is 3.10. The molecule has 1 N–H and O–H groups in total. The maximum Gasteiger partial charge on any atom is 0.186 e. The van der Waals surface area contributed by atoms with Crippen molar-refractivity contribution in [3.05, 3.63) is 5.15 Å². The number of hydrogen-bond donors (Lipinski definition) is 1. The van der Waals surface area contributed by atoms with Crippen LogP contribution in [0.25, 0.3) is 0 Å². The normalized spacial score (nSPS) is 11.7. The molecule has 0 aliphatic heterocycles. The van der Waals surface area contributed by atoms with Crippen molar-refractivity contribution in [1.29, 1.82) is 0 Å². The Hall–Kier alpha value is -0.390. The summed E-state index contributed by atoms with van der Waals surface area (Å²) in [6.07, 6.45) is 0. The number of ether oxygens (including phenoxy) is 1. The molecule has 0 unspecified atom stereocenters. The van der Waals surface area contributed by atoms with Crippen LogP contribution in [0.5, 0.6) is 0 Å². The zero-order chi connectivity index (χ0) is 9.90. The summed E-state index contributed by atoms with van der Waals surface area (Å²) in [6, 6.07) is 0. The fourth-order valence-corrected chi connectivity index (χ4v) is 1.61.